The van der Waals surface area contributed by atoms with Crippen molar-refractivity contribution >= 4 is 23.3 Å². The Bertz CT molecular complexity index is 728. The molecule has 0 saturated carbocycles. The van der Waals surface area contributed by atoms with E-state index in [9.17, 15) is 9.59 Å². The van der Waals surface area contributed by atoms with Gasteiger partial charge in [0.15, 0.2) is 0 Å². The number of rotatable bonds is 6. The molecule has 6 nitrogen and oxygen atoms in total. The van der Waals surface area contributed by atoms with E-state index >= 15 is 0 Å². The number of benzene rings is 2. The van der Waals surface area contributed by atoms with E-state index in [1.54, 1.807) is 24.3 Å². The minimum atomic E-state index is -1.11. The van der Waals surface area contributed by atoms with E-state index in [-0.39, 0.29) is 11.3 Å². The Hall–Kier alpha value is -3.02. The number of amides is 1. The van der Waals surface area contributed by atoms with Crippen molar-refractivity contribution < 1.29 is 19.4 Å². The molecule has 1 amide bonds. The first-order chi connectivity index (χ1) is 11.0. The Morgan fingerprint density at radius 2 is 1.96 bits per heavy atom. The largest absolute Gasteiger partial charge is 0.491 e. The number of hydrogen-bond donors (Lipinski definition) is 3. The van der Waals surface area contributed by atoms with Crippen LogP contribution in [0.4, 0.5) is 11.4 Å². The Balaban J connectivity index is 2.18. The fourth-order valence-electron chi connectivity index (χ4n) is 2.01. The number of carboxylic acid groups (broad SMARTS) is 1. The fraction of sp³-hybridized carbons (Fsp3) is 0.176. The van der Waals surface area contributed by atoms with Crippen LogP contribution in [0.15, 0.2) is 42.5 Å². The molecular formula is C17H18N2O4. The zero-order valence-corrected chi connectivity index (χ0v) is 12.7. The molecule has 0 fully saturated rings. The van der Waals surface area contributed by atoms with Gasteiger partial charge in [-0.05, 0) is 36.8 Å². The number of nitrogens with one attached hydrogen (secondary N) is 1. The lowest BCUT2D eigenvalue weighted by Gasteiger charge is -2.11. The van der Waals surface area contributed by atoms with Crippen molar-refractivity contribution in [2.24, 2.45) is 0 Å². The molecule has 2 aromatic rings. The molecule has 0 aliphatic rings. The monoisotopic (exact) mass is 314 g/mol. The van der Waals surface area contributed by atoms with E-state index in [1.807, 2.05) is 6.92 Å². The van der Waals surface area contributed by atoms with Gasteiger partial charge < -0.3 is 20.9 Å². The van der Waals surface area contributed by atoms with E-state index in [4.69, 9.17) is 15.6 Å². The van der Waals surface area contributed by atoms with Gasteiger partial charge in [-0.1, -0.05) is 19.1 Å². The molecule has 0 radical (unpaired) electrons. The molecule has 0 unspecified atom stereocenters. The second kappa shape index (κ2) is 7.31. The van der Waals surface area contributed by atoms with Crippen LogP contribution in [0.3, 0.4) is 0 Å². The SMILES string of the molecule is CCCOc1ccc(C(=O)Nc2ccccc2C(=O)O)cc1N. The molecule has 0 heterocycles. The number of para-hydroxylation sites is 1. The maximum absolute atomic E-state index is 12.3. The van der Waals surface area contributed by atoms with Gasteiger partial charge in [0.1, 0.15) is 5.75 Å². The van der Waals surface area contributed by atoms with Crippen LogP contribution in [0.5, 0.6) is 5.75 Å². The molecule has 0 aromatic heterocycles. The molecule has 0 bridgehead atoms. The molecule has 120 valence electrons. The molecule has 0 atom stereocenters. The van der Waals surface area contributed by atoms with Crippen molar-refractivity contribution in [1.82, 2.24) is 0 Å². The minimum Gasteiger partial charge on any atom is -0.491 e. The third-order valence-corrected chi connectivity index (χ3v) is 3.14. The molecular weight excluding hydrogens is 296 g/mol. The Kier molecular flexibility index (Phi) is 5.19. The number of carbonyl (C=O) groups is 2. The van der Waals surface area contributed by atoms with Crippen molar-refractivity contribution in [2.75, 3.05) is 17.7 Å². The van der Waals surface area contributed by atoms with E-state index in [2.05, 4.69) is 5.32 Å². The van der Waals surface area contributed by atoms with Crippen molar-refractivity contribution in [3.05, 3.63) is 53.6 Å². The average molecular weight is 314 g/mol. The van der Waals surface area contributed by atoms with Crippen LogP contribution in [-0.4, -0.2) is 23.6 Å². The third kappa shape index (κ3) is 4.00. The second-order valence-electron chi connectivity index (χ2n) is 4.91. The number of hydrogen-bond acceptors (Lipinski definition) is 4. The summed E-state index contributed by atoms with van der Waals surface area (Å²) in [6, 6.07) is 10.9. The van der Waals surface area contributed by atoms with Crippen LogP contribution in [0.1, 0.15) is 34.1 Å². The summed E-state index contributed by atoms with van der Waals surface area (Å²) in [5, 5.41) is 11.7. The normalized spacial score (nSPS) is 10.1. The molecule has 0 saturated heterocycles. The van der Waals surface area contributed by atoms with Crippen LogP contribution in [-0.2, 0) is 0 Å². The average Bonchev–Trinajstić information content (AvgIpc) is 2.54. The van der Waals surface area contributed by atoms with Crippen LogP contribution in [0, 0.1) is 0 Å². The van der Waals surface area contributed by atoms with Crippen LogP contribution in [0.25, 0.3) is 0 Å². The first-order valence-electron chi connectivity index (χ1n) is 7.19. The number of carbonyl (C=O) groups excluding carboxylic acids is 1. The van der Waals surface area contributed by atoms with Gasteiger partial charge in [0.2, 0.25) is 0 Å². The van der Waals surface area contributed by atoms with E-state index in [0.717, 1.165) is 6.42 Å². The highest BCUT2D eigenvalue weighted by atomic mass is 16.5. The molecule has 2 rings (SSSR count). The Labute approximate surface area is 133 Å². The Morgan fingerprint density at radius 1 is 1.22 bits per heavy atom. The molecule has 6 heteroatoms. The van der Waals surface area contributed by atoms with Crippen LogP contribution >= 0.6 is 0 Å². The third-order valence-electron chi connectivity index (χ3n) is 3.14. The summed E-state index contributed by atoms with van der Waals surface area (Å²) in [4.78, 5) is 23.4. The number of anilines is 2. The maximum atomic E-state index is 12.3. The summed E-state index contributed by atoms with van der Waals surface area (Å²) in [5.41, 5.74) is 6.81. The second-order valence-corrected chi connectivity index (χ2v) is 4.91. The summed E-state index contributed by atoms with van der Waals surface area (Å²) in [7, 11) is 0. The molecule has 0 aliphatic carbocycles. The van der Waals surface area contributed by atoms with Gasteiger partial charge in [-0.2, -0.15) is 0 Å². The first kappa shape index (κ1) is 16.4. The number of nitrogens with two attached hydrogens (primary N) is 1. The highest BCUT2D eigenvalue weighted by molar-refractivity contribution is 6.08. The zero-order valence-electron chi connectivity index (χ0n) is 12.7. The Morgan fingerprint density at radius 3 is 2.61 bits per heavy atom. The van der Waals surface area contributed by atoms with Gasteiger partial charge in [0.25, 0.3) is 5.91 Å². The topological polar surface area (TPSA) is 102 Å². The predicted octanol–water partition coefficient (Wildman–Crippen LogP) is 3.01. The van der Waals surface area contributed by atoms with Gasteiger partial charge >= 0.3 is 5.97 Å². The van der Waals surface area contributed by atoms with E-state index < -0.39 is 11.9 Å². The summed E-state index contributed by atoms with van der Waals surface area (Å²) < 4.78 is 5.46. The minimum absolute atomic E-state index is 0.0247. The number of aromatic carboxylic acids is 1. The standard InChI is InChI=1S/C17H18N2O4/c1-2-9-23-15-8-7-11(10-13(15)18)16(20)19-14-6-4-3-5-12(14)17(21)22/h3-8,10H,2,9,18H2,1H3,(H,19,20)(H,21,22). The lowest BCUT2D eigenvalue weighted by atomic mass is 10.1. The van der Waals surface area contributed by atoms with Crippen molar-refractivity contribution in [2.45, 2.75) is 13.3 Å². The highest BCUT2D eigenvalue weighted by Crippen LogP contribution is 2.24. The van der Waals surface area contributed by atoms with Gasteiger partial charge in [-0.25, -0.2) is 4.79 Å². The number of ether oxygens (including phenoxy) is 1. The maximum Gasteiger partial charge on any atom is 0.337 e. The summed E-state index contributed by atoms with van der Waals surface area (Å²) in [6.07, 6.45) is 0.855. The van der Waals surface area contributed by atoms with Crippen molar-refractivity contribution in [3.8, 4) is 5.75 Å². The molecule has 2 aromatic carbocycles. The van der Waals surface area contributed by atoms with Crippen LogP contribution < -0.4 is 15.8 Å². The van der Waals surface area contributed by atoms with E-state index in [0.29, 0.717) is 23.6 Å². The van der Waals surface area contributed by atoms with Crippen molar-refractivity contribution in [1.29, 1.82) is 0 Å². The lowest BCUT2D eigenvalue weighted by Crippen LogP contribution is -2.15. The molecule has 4 N–H and O–H groups in total. The predicted molar refractivity (Wildman–Crippen MR) is 88.0 cm³/mol. The first-order valence-corrected chi connectivity index (χ1v) is 7.19. The zero-order chi connectivity index (χ0) is 16.8. The molecule has 0 aliphatic heterocycles. The summed E-state index contributed by atoms with van der Waals surface area (Å²) in [6.45, 7) is 2.53. The number of carboxylic acids is 1. The van der Waals surface area contributed by atoms with Gasteiger partial charge in [0.05, 0.1) is 23.5 Å². The van der Waals surface area contributed by atoms with Gasteiger partial charge in [0, 0.05) is 5.56 Å². The van der Waals surface area contributed by atoms with E-state index in [1.165, 1.54) is 18.2 Å². The smallest absolute Gasteiger partial charge is 0.337 e. The van der Waals surface area contributed by atoms with Gasteiger partial charge in [-0.3, -0.25) is 4.79 Å². The van der Waals surface area contributed by atoms with Crippen molar-refractivity contribution in [3.63, 3.8) is 0 Å². The lowest BCUT2D eigenvalue weighted by molar-refractivity contribution is 0.0698. The summed E-state index contributed by atoms with van der Waals surface area (Å²) >= 11 is 0. The summed E-state index contributed by atoms with van der Waals surface area (Å²) in [5.74, 6) is -1.02. The molecule has 23 heavy (non-hydrogen) atoms. The molecule has 0 spiro atoms. The van der Waals surface area contributed by atoms with Gasteiger partial charge in [-0.15, -0.1) is 0 Å². The fourth-order valence-corrected chi connectivity index (χ4v) is 2.01. The number of nitrogen functional groups attached to an aromatic ring is 1. The quantitative estimate of drug-likeness (QED) is 0.711. The van der Waals surface area contributed by atoms with Crippen LogP contribution in [0.2, 0.25) is 0 Å². The highest BCUT2D eigenvalue weighted by Gasteiger charge is 2.14.